The molecule has 6 atom stereocenters. The number of carbonyl (C=O) groups excluding carboxylic acids is 3. The standard InChI is InChI=1S/C15H26N2O2S.C10H16N2O3S/c1-2-3-4-7-11(18)8-5-6-9-13-14-12(10-20-13)16-15(19)17-14;13-8(14)4-2-1-3-7-9-6(5-16-7)11-10(15)12-9/h12-14H,2-10H2,1H3,(H2,16,17,19);6-7,9H,1-5H2,(H,13,14)(H2,11,12,15)/t12-,13-,14-;6-,7-,9-/m00/s1. The number of Topliss-reactive ketones (excluding diaryl/α,β-unsaturated/α-hetero) is 1. The van der Waals surface area contributed by atoms with Gasteiger partial charge in [-0.3, -0.25) is 9.59 Å². The maximum Gasteiger partial charge on any atom is 0.315 e. The van der Waals surface area contributed by atoms with Crippen molar-refractivity contribution in [3.05, 3.63) is 0 Å². The number of hydrogen-bond acceptors (Lipinski definition) is 6. The Balaban J connectivity index is 0.000000205. The summed E-state index contributed by atoms with van der Waals surface area (Å²) in [7, 11) is 0. The van der Waals surface area contributed by atoms with Crippen LogP contribution < -0.4 is 21.3 Å². The molecule has 204 valence electrons. The molecular formula is C25H42N4O5S2. The molecule has 4 aliphatic heterocycles. The van der Waals surface area contributed by atoms with E-state index < -0.39 is 5.97 Å². The van der Waals surface area contributed by atoms with E-state index in [1.165, 1.54) is 12.8 Å². The zero-order chi connectivity index (χ0) is 25.9. The molecule has 36 heavy (non-hydrogen) atoms. The largest absolute Gasteiger partial charge is 0.481 e. The topological polar surface area (TPSA) is 137 Å². The van der Waals surface area contributed by atoms with Crippen LogP contribution in [0.4, 0.5) is 9.59 Å². The van der Waals surface area contributed by atoms with Crippen LogP contribution in [0.5, 0.6) is 0 Å². The lowest BCUT2D eigenvalue weighted by molar-refractivity contribution is -0.137. The van der Waals surface area contributed by atoms with E-state index in [1.807, 2.05) is 23.5 Å². The predicted octanol–water partition coefficient (Wildman–Crippen LogP) is 3.66. The van der Waals surface area contributed by atoms with Crippen LogP contribution in [0.3, 0.4) is 0 Å². The number of rotatable bonds is 14. The van der Waals surface area contributed by atoms with Gasteiger partial charge in [0.05, 0.1) is 24.2 Å². The van der Waals surface area contributed by atoms with E-state index in [1.54, 1.807) is 0 Å². The number of carboxylic acid groups (broad SMARTS) is 1. The predicted molar refractivity (Wildman–Crippen MR) is 145 cm³/mol. The summed E-state index contributed by atoms with van der Waals surface area (Å²) in [5, 5.41) is 21.3. The molecule has 0 aromatic heterocycles. The van der Waals surface area contributed by atoms with Crippen molar-refractivity contribution in [2.75, 3.05) is 11.5 Å². The number of nitrogens with one attached hydrogen (secondary N) is 4. The van der Waals surface area contributed by atoms with Crippen molar-refractivity contribution >= 4 is 47.3 Å². The third-order valence-electron chi connectivity index (χ3n) is 7.26. The molecule has 0 saturated carbocycles. The molecule has 11 heteroatoms. The van der Waals surface area contributed by atoms with Gasteiger partial charge in [0.2, 0.25) is 0 Å². The number of amides is 4. The molecule has 0 aromatic carbocycles. The van der Waals surface area contributed by atoms with Crippen molar-refractivity contribution in [1.82, 2.24) is 21.3 Å². The van der Waals surface area contributed by atoms with Crippen molar-refractivity contribution in [2.45, 2.75) is 119 Å². The molecule has 0 radical (unpaired) electrons. The number of carbonyl (C=O) groups is 4. The molecule has 0 spiro atoms. The molecule has 5 N–H and O–H groups in total. The third-order valence-corrected chi connectivity index (χ3v) is 10.3. The summed E-state index contributed by atoms with van der Waals surface area (Å²) in [6.45, 7) is 2.16. The number of thioether (sulfide) groups is 2. The molecule has 0 unspecified atom stereocenters. The van der Waals surface area contributed by atoms with E-state index >= 15 is 0 Å². The number of aliphatic carboxylic acids is 1. The Kier molecular flexibility index (Phi) is 12.0. The number of carboxylic acids is 1. The smallest absolute Gasteiger partial charge is 0.315 e. The maximum absolute atomic E-state index is 11.7. The van der Waals surface area contributed by atoms with Crippen LogP contribution in [0, 0.1) is 0 Å². The second-order valence-electron chi connectivity index (χ2n) is 10.1. The van der Waals surface area contributed by atoms with Crippen molar-refractivity contribution in [3.63, 3.8) is 0 Å². The highest BCUT2D eigenvalue weighted by Gasteiger charge is 2.43. The van der Waals surface area contributed by atoms with Crippen LogP contribution in [0.25, 0.3) is 0 Å². The summed E-state index contributed by atoms with van der Waals surface area (Å²) in [6, 6.07) is 1.03. The molecule has 4 saturated heterocycles. The Labute approximate surface area is 222 Å². The highest BCUT2D eigenvalue weighted by atomic mass is 32.2. The first-order valence-electron chi connectivity index (χ1n) is 13.5. The third kappa shape index (κ3) is 9.04. The summed E-state index contributed by atoms with van der Waals surface area (Å²) in [4.78, 5) is 44.4. The van der Waals surface area contributed by atoms with Gasteiger partial charge < -0.3 is 26.4 Å². The lowest BCUT2D eigenvalue weighted by Gasteiger charge is -2.16. The van der Waals surface area contributed by atoms with Crippen LogP contribution in [0.1, 0.15) is 84.0 Å². The van der Waals surface area contributed by atoms with E-state index in [9.17, 15) is 19.2 Å². The Hall–Kier alpha value is -1.62. The normalized spacial score (nSPS) is 29.8. The minimum atomic E-state index is -0.729. The van der Waals surface area contributed by atoms with Gasteiger partial charge in [0, 0.05) is 41.3 Å². The molecule has 0 aliphatic carbocycles. The molecule has 9 nitrogen and oxygen atoms in total. The van der Waals surface area contributed by atoms with Crippen molar-refractivity contribution < 1.29 is 24.3 Å². The van der Waals surface area contributed by atoms with Gasteiger partial charge in [-0.2, -0.15) is 23.5 Å². The molecule has 4 fully saturated rings. The lowest BCUT2D eigenvalue weighted by Crippen LogP contribution is -2.36. The first kappa shape index (κ1) is 28.9. The summed E-state index contributed by atoms with van der Waals surface area (Å²) >= 11 is 3.82. The molecular weight excluding hydrogens is 500 g/mol. The van der Waals surface area contributed by atoms with Gasteiger partial charge in [-0.25, -0.2) is 9.59 Å². The second-order valence-corrected chi connectivity index (χ2v) is 12.7. The Morgan fingerprint density at radius 2 is 1.22 bits per heavy atom. The van der Waals surface area contributed by atoms with Crippen LogP contribution in [0.15, 0.2) is 0 Å². The van der Waals surface area contributed by atoms with Gasteiger partial charge in [-0.1, -0.05) is 32.6 Å². The van der Waals surface area contributed by atoms with Crippen LogP contribution in [-0.4, -0.2) is 75.1 Å². The molecule has 4 aliphatic rings. The Morgan fingerprint density at radius 1 is 0.750 bits per heavy atom. The number of hydrogen-bond donors (Lipinski definition) is 5. The number of fused-ring (bicyclic) bond motifs is 2. The van der Waals surface area contributed by atoms with Crippen LogP contribution in [0.2, 0.25) is 0 Å². The monoisotopic (exact) mass is 542 g/mol. The van der Waals surface area contributed by atoms with E-state index in [2.05, 4.69) is 28.2 Å². The van der Waals surface area contributed by atoms with Gasteiger partial charge in [-0.15, -0.1) is 0 Å². The number of ketones is 1. The first-order chi connectivity index (χ1) is 17.4. The highest BCUT2D eigenvalue weighted by molar-refractivity contribution is 8.00. The summed E-state index contributed by atoms with van der Waals surface area (Å²) in [5.74, 6) is 1.68. The summed E-state index contributed by atoms with van der Waals surface area (Å²) in [6.07, 6.45) is 11.0. The van der Waals surface area contributed by atoms with E-state index in [-0.39, 0.29) is 30.6 Å². The fourth-order valence-corrected chi connectivity index (χ4v) is 8.36. The fourth-order valence-electron chi connectivity index (χ4n) is 5.27. The second kappa shape index (κ2) is 15.0. The minimum absolute atomic E-state index is 0.0172. The highest BCUT2D eigenvalue weighted by Crippen LogP contribution is 2.34. The average Bonchev–Trinajstić information content (AvgIpc) is 3.57. The van der Waals surface area contributed by atoms with Gasteiger partial charge in [-0.05, 0) is 32.1 Å². The van der Waals surface area contributed by atoms with Crippen molar-refractivity contribution in [3.8, 4) is 0 Å². The Bertz CT molecular complexity index is 771. The SMILES string of the molecule is CCCCCC(=O)CCCC[C@@H]1SC[C@@H]2NC(=O)N[C@@H]21.O=C(O)CCCC[C@@H]1SC[C@@H]2NC(=O)N[C@@H]21. The van der Waals surface area contributed by atoms with Gasteiger partial charge >= 0.3 is 18.0 Å². The van der Waals surface area contributed by atoms with E-state index in [0.717, 1.165) is 69.3 Å². The number of urea groups is 2. The zero-order valence-electron chi connectivity index (χ0n) is 21.3. The molecule has 4 rings (SSSR count). The summed E-state index contributed by atoms with van der Waals surface area (Å²) < 4.78 is 0. The van der Waals surface area contributed by atoms with E-state index in [0.29, 0.717) is 28.4 Å². The average molecular weight is 543 g/mol. The van der Waals surface area contributed by atoms with Gasteiger partial charge in [0.1, 0.15) is 5.78 Å². The van der Waals surface area contributed by atoms with Gasteiger partial charge in [0.25, 0.3) is 0 Å². The first-order valence-corrected chi connectivity index (χ1v) is 15.6. The minimum Gasteiger partial charge on any atom is -0.481 e. The van der Waals surface area contributed by atoms with Crippen molar-refractivity contribution in [1.29, 1.82) is 0 Å². The van der Waals surface area contributed by atoms with Gasteiger partial charge in [0.15, 0.2) is 0 Å². The molecule has 0 bridgehead atoms. The quantitative estimate of drug-likeness (QED) is 0.167. The van der Waals surface area contributed by atoms with Crippen LogP contribution in [-0.2, 0) is 9.59 Å². The molecule has 4 amide bonds. The zero-order valence-corrected chi connectivity index (χ0v) is 22.9. The Morgan fingerprint density at radius 3 is 1.69 bits per heavy atom. The van der Waals surface area contributed by atoms with Crippen molar-refractivity contribution in [2.24, 2.45) is 0 Å². The fraction of sp³-hybridized carbons (Fsp3) is 0.840. The lowest BCUT2D eigenvalue weighted by atomic mass is 10.0. The molecule has 4 heterocycles. The van der Waals surface area contributed by atoms with E-state index in [4.69, 9.17) is 5.11 Å². The maximum atomic E-state index is 11.7. The molecule has 0 aromatic rings. The van der Waals surface area contributed by atoms with Crippen LogP contribution >= 0.6 is 23.5 Å². The summed E-state index contributed by atoms with van der Waals surface area (Å²) in [5.41, 5.74) is 0. The number of unbranched alkanes of at least 4 members (excludes halogenated alkanes) is 4.